The summed E-state index contributed by atoms with van der Waals surface area (Å²) in [6.45, 7) is 9.13. The van der Waals surface area contributed by atoms with Gasteiger partial charge in [-0.1, -0.05) is 49.1 Å². The van der Waals surface area contributed by atoms with Gasteiger partial charge in [0.05, 0.1) is 9.37 Å². The van der Waals surface area contributed by atoms with Crippen LogP contribution in [0.5, 0.6) is 5.75 Å². The highest BCUT2D eigenvalue weighted by Crippen LogP contribution is 2.31. The fourth-order valence-electron chi connectivity index (χ4n) is 2.04. The van der Waals surface area contributed by atoms with Crippen LogP contribution in [-0.2, 0) is 14.3 Å². The smallest absolute Gasteiger partial charge is 0.297 e. The van der Waals surface area contributed by atoms with E-state index in [1.165, 1.54) is 18.2 Å². The van der Waals surface area contributed by atoms with Crippen LogP contribution in [0.4, 0.5) is 0 Å². The van der Waals surface area contributed by atoms with Gasteiger partial charge in [-0.2, -0.15) is 8.42 Å². The molecule has 0 amide bonds. The Hall–Kier alpha value is -1.89. The summed E-state index contributed by atoms with van der Waals surface area (Å²) in [4.78, 5) is 0.105. The van der Waals surface area contributed by atoms with Crippen molar-refractivity contribution < 1.29 is 17.3 Å². The molecule has 0 aliphatic rings. The van der Waals surface area contributed by atoms with Crippen molar-refractivity contribution >= 4 is 32.1 Å². The molecule has 0 radical (unpaired) electrons. The number of ether oxygens (including phenoxy) is 1. The van der Waals surface area contributed by atoms with E-state index in [-0.39, 0.29) is 11.5 Å². The Morgan fingerprint density at radius 3 is 2.44 bits per heavy atom. The molecule has 0 bridgehead atoms. The zero-order valence-electron chi connectivity index (χ0n) is 13.8. The normalized spacial score (nSPS) is 12.4. The van der Waals surface area contributed by atoms with Gasteiger partial charge in [0.25, 0.3) is 10.1 Å². The summed E-state index contributed by atoms with van der Waals surface area (Å²) in [5, 5.41) is 0. The second-order valence-electron chi connectivity index (χ2n) is 5.31. The Balaban J connectivity index is 2.12. The number of aryl methyl sites for hydroxylation is 1. The van der Waals surface area contributed by atoms with Crippen LogP contribution in [0.25, 0.3) is 6.08 Å². The molecule has 0 unspecified atom stereocenters. The molecule has 0 saturated carbocycles. The summed E-state index contributed by atoms with van der Waals surface area (Å²) in [6.07, 6.45) is 2.51. The molecular weight excluding hydrogens is 404 g/mol. The van der Waals surface area contributed by atoms with E-state index in [9.17, 15) is 8.42 Å². The number of benzene rings is 2. The van der Waals surface area contributed by atoms with Crippen molar-refractivity contribution in [3.05, 3.63) is 77.3 Å². The highest BCUT2D eigenvalue weighted by Gasteiger charge is 2.19. The molecule has 4 nitrogen and oxygen atoms in total. The van der Waals surface area contributed by atoms with Crippen LogP contribution in [0.2, 0.25) is 0 Å². The lowest BCUT2D eigenvalue weighted by molar-refractivity contribution is 0.167. The number of para-hydroxylation sites is 1. The van der Waals surface area contributed by atoms with Crippen LogP contribution in [0.3, 0.4) is 0 Å². The quantitative estimate of drug-likeness (QED) is 0.455. The number of hydrogen-bond acceptors (Lipinski definition) is 4. The summed E-state index contributed by atoms with van der Waals surface area (Å²) in [5.41, 5.74) is 1.75. The Labute approximate surface area is 157 Å². The van der Waals surface area contributed by atoms with E-state index < -0.39 is 16.2 Å². The summed E-state index contributed by atoms with van der Waals surface area (Å²) < 4.78 is 36.2. The van der Waals surface area contributed by atoms with Gasteiger partial charge < -0.3 is 4.74 Å². The predicted octanol–water partition coefficient (Wildman–Crippen LogP) is 4.74. The van der Waals surface area contributed by atoms with Crippen molar-refractivity contribution in [1.29, 1.82) is 0 Å². The van der Waals surface area contributed by atoms with Gasteiger partial charge in [-0.3, -0.25) is 4.18 Å². The second-order valence-corrected chi connectivity index (χ2v) is 7.78. The van der Waals surface area contributed by atoms with E-state index >= 15 is 0 Å². The van der Waals surface area contributed by atoms with Crippen molar-refractivity contribution in [1.82, 2.24) is 0 Å². The third-order valence-electron chi connectivity index (χ3n) is 3.45. The fraction of sp³-hybridized carbons (Fsp3) is 0.158. The first-order chi connectivity index (χ1) is 11.9. The lowest BCUT2D eigenvalue weighted by Gasteiger charge is -2.18. The maximum Gasteiger partial charge on any atom is 0.297 e. The zero-order valence-corrected chi connectivity index (χ0v) is 16.2. The minimum absolute atomic E-state index is 0.105. The van der Waals surface area contributed by atoms with Crippen molar-refractivity contribution in [2.24, 2.45) is 0 Å². The van der Waals surface area contributed by atoms with E-state index in [1.807, 2.05) is 25.1 Å². The van der Waals surface area contributed by atoms with E-state index in [1.54, 1.807) is 18.2 Å². The van der Waals surface area contributed by atoms with Crippen LogP contribution in [0.15, 0.2) is 71.1 Å². The van der Waals surface area contributed by atoms with Crippen LogP contribution >= 0.6 is 15.9 Å². The molecule has 25 heavy (non-hydrogen) atoms. The average Bonchev–Trinajstić information content (AvgIpc) is 2.60. The van der Waals surface area contributed by atoms with Crippen LogP contribution < -0.4 is 4.74 Å². The van der Waals surface area contributed by atoms with Gasteiger partial charge in [0, 0.05) is 5.56 Å². The standard InChI is InChI=1S/C19H19BrO4S/c1-4-15-7-6-8-18(20)19(15)24-16(5-2)13-23-25(21,22)17-11-9-14(3)10-12-17/h4-12,16H,1-2,13H2,3H3/t16-/m1/s1. The van der Waals surface area contributed by atoms with Crippen LogP contribution in [-0.4, -0.2) is 21.1 Å². The summed E-state index contributed by atoms with van der Waals surface area (Å²) in [6, 6.07) is 12.0. The molecule has 0 aliphatic carbocycles. The van der Waals surface area contributed by atoms with Crippen LogP contribution in [0.1, 0.15) is 11.1 Å². The Morgan fingerprint density at radius 2 is 1.84 bits per heavy atom. The molecule has 6 heteroatoms. The third kappa shape index (κ3) is 5.04. The minimum atomic E-state index is -3.86. The lowest BCUT2D eigenvalue weighted by atomic mass is 10.2. The summed E-state index contributed by atoms with van der Waals surface area (Å²) in [7, 11) is -3.86. The van der Waals surface area contributed by atoms with Crippen molar-refractivity contribution in [3.63, 3.8) is 0 Å². The third-order valence-corrected chi connectivity index (χ3v) is 5.37. The van der Waals surface area contributed by atoms with Crippen LogP contribution in [0, 0.1) is 6.92 Å². The van der Waals surface area contributed by atoms with Crippen molar-refractivity contribution in [3.8, 4) is 5.75 Å². The first-order valence-electron chi connectivity index (χ1n) is 7.53. The SMILES string of the molecule is C=Cc1cccc(Br)c1O[C@H](C=C)COS(=O)(=O)c1ccc(C)cc1. The second kappa shape index (κ2) is 8.47. The average molecular weight is 423 g/mol. The van der Waals surface area contributed by atoms with E-state index in [0.29, 0.717) is 5.75 Å². The molecule has 2 aromatic carbocycles. The first kappa shape index (κ1) is 19.4. The number of hydrogen-bond donors (Lipinski definition) is 0. The Morgan fingerprint density at radius 1 is 1.16 bits per heavy atom. The molecule has 2 aromatic rings. The Bertz CT molecular complexity index is 857. The van der Waals surface area contributed by atoms with Gasteiger partial charge in [0.1, 0.15) is 18.5 Å². The number of rotatable bonds is 8. The largest absolute Gasteiger partial charge is 0.482 e. The zero-order chi connectivity index (χ0) is 18.4. The van der Waals surface area contributed by atoms with Gasteiger partial charge >= 0.3 is 0 Å². The molecule has 0 saturated heterocycles. The maximum absolute atomic E-state index is 12.3. The summed E-state index contributed by atoms with van der Waals surface area (Å²) in [5.74, 6) is 0.554. The highest BCUT2D eigenvalue weighted by atomic mass is 79.9. The van der Waals surface area contributed by atoms with Gasteiger partial charge in [0.15, 0.2) is 0 Å². The van der Waals surface area contributed by atoms with E-state index in [0.717, 1.165) is 15.6 Å². The highest BCUT2D eigenvalue weighted by molar-refractivity contribution is 9.10. The molecule has 0 N–H and O–H groups in total. The monoisotopic (exact) mass is 422 g/mol. The Kier molecular flexibility index (Phi) is 6.58. The topological polar surface area (TPSA) is 52.6 Å². The first-order valence-corrected chi connectivity index (χ1v) is 9.73. The van der Waals surface area contributed by atoms with Gasteiger partial charge in [-0.15, -0.1) is 0 Å². The molecule has 1 atom stereocenters. The molecule has 0 aliphatic heterocycles. The molecular formula is C19H19BrO4S. The molecule has 0 spiro atoms. The molecule has 0 fully saturated rings. The van der Waals surface area contributed by atoms with Gasteiger partial charge in [-0.25, -0.2) is 0 Å². The van der Waals surface area contributed by atoms with E-state index in [2.05, 4.69) is 29.1 Å². The summed E-state index contributed by atoms with van der Waals surface area (Å²) >= 11 is 3.41. The molecule has 132 valence electrons. The maximum atomic E-state index is 12.3. The molecule has 0 aromatic heterocycles. The van der Waals surface area contributed by atoms with Gasteiger partial charge in [0.2, 0.25) is 0 Å². The van der Waals surface area contributed by atoms with Gasteiger partial charge in [-0.05, 0) is 47.1 Å². The number of halogens is 1. The van der Waals surface area contributed by atoms with E-state index in [4.69, 9.17) is 8.92 Å². The van der Waals surface area contributed by atoms with Crippen molar-refractivity contribution in [2.75, 3.05) is 6.61 Å². The molecule has 2 rings (SSSR count). The fourth-order valence-corrected chi connectivity index (χ4v) is 3.44. The minimum Gasteiger partial charge on any atom is -0.482 e. The van der Waals surface area contributed by atoms with Crippen molar-refractivity contribution in [2.45, 2.75) is 17.9 Å². The lowest BCUT2D eigenvalue weighted by Crippen LogP contribution is -2.23. The predicted molar refractivity (Wildman–Crippen MR) is 103 cm³/mol. The molecule has 0 heterocycles.